The number of hydrogen-bond donors (Lipinski definition) is 0. The second-order valence-corrected chi connectivity index (χ2v) is 4.78. The van der Waals surface area contributed by atoms with Crippen molar-refractivity contribution in [2.75, 3.05) is 6.61 Å². The van der Waals surface area contributed by atoms with Gasteiger partial charge in [-0.15, -0.1) is 0 Å². The molecule has 0 radical (unpaired) electrons. The van der Waals surface area contributed by atoms with Crippen molar-refractivity contribution in [3.05, 3.63) is 12.7 Å². The highest BCUT2D eigenvalue weighted by Gasteiger charge is 2.75. The zero-order valence-electron chi connectivity index (χ0n) is 10.3. The molecule has 3 nitrogen and oxygen atoms in total. The van der Waals surface area contributed by atoms with Gasteiger partial charge in [0.05, 0.1) is 0 Å². The maximum atomic E-state index is 13.6. The molecule has 0 aliphatic carbocycles. The van der Waals surface area contributed by atoms with Gasteiger partial charge in [-0.2, -0.15) is 13.2 Å². The number of rotatable bonds is 3. The zero-order chi connectivity index (χ0) is 15.1. The molecule has 1 heterocycles. The third-order valence-corrected chi connectivity index (χ3v) is 2.97. The summed E-state index contributed by atoms with van der Waals surface area (Å²) in [5.74, 6) is -5.03. The first kappa shape index (κ1) is 15.9. The summed E-state index contributed by atoms with van der Waals surface area (Å²) in [6.07, 6.45) is -5.66. The SMILES string of the molecule is C=CC(=O)OCC1(C)CC(F)(F)C(C)(C(F)(F)F)O1. The van der Waals surface area contributed by atoms with Crippen molar-refractivity contribution in [3.8, 4) is 0 Å². The molecule has 0 N–H and O–H groups in total. The summed E-state index contributed by atoms with van der Waals surface area (Å²) in [7, 11) is 0. The average Bonchev–Trinajstić information content (AvgIpc) is 2.42. The van der Waals surface area contributed by atoms with Crippen LogP contribution in [0.4, 0.5) is 22.0 Å². The molecule has 0 bridgehead atoms. The van der Waals surface area contributed by atoms with Crippen molar-refractivity contribution in [2.45, 2.75) is 43.6 Å². The van der Waals surface area contributed by atoms with E-state index in [1.165, 1.54) is 0 Å². The first-order chi connectivity index (χ1) is 8.37. The van der Waals surface area contributed by atoms with Gasteiger partial charge in [0.15, 0.2) is 0 Å². The molecule has 8 heteroatoms. The number of esters is 1. The summed E-state index contributed by atoms with van der Waals surface area (Å²) < 4.78 is 74.3. The summed E-state index contributed by atoms with van der Waals surface area (Å²) in [6, 6.07) is 0. The first-order valence-corrected chi connectivity index (χ1v) is 5.31. The molecule has 19 heavy (non-hydrogen) atoms. The van der Waals surface area contributed by atoms with Gasteiger partial charge < -0.3 is 9.47 Å². The molecule has 0 aromatic heterocycles. The standard InChI is InChI=1S/C11H13F5O3/c1-4-7(17)18-6-8(2)5-10(12,13)9(3,19-8)11(14,15)16/h4H,1,5-6H2,2-3H3. The van der Waals surface area contributed by atoms with Crippen LogP contribution < -0.4 is 0 Å². The van der Waals surface area contributed by atoms with E-state index in [2.05, 4.69) is 16.1 Å². The van der Waals surface area contributed by atoms with Gasteiger partial charge in [0, 0.05) is 12.5 Å². The van der Waals surface area contributed by atoms with Gasteiger partial charge in [0.25, 0.3) is 5.92 Å². The van der Waals surface area contributed by atoms with E-state index in [4.69, 9.17) is 0 Å². The minimum absolute atomic E-state index is 0.285. The Morgan fingerprint density at radius 2 is 1.95 bits per heavy atom. The first-order valence-electron chi connectivity index (χ1n) is 5.31. The van der Waals surface area contributed by atoms with E-state index >= 15 is 0 Å². The lowest BCUT2D eigenvalue weighted by Crippen LogP contribution is -2.54. The van der Waals surface area contributed by atoms with Crippen molar-refractivity contribution < 1.29 is 36.2 Å². The largest absolute Gasteiger partial charge is 0.459 e. The maximum Gasteiger partial charge on any atom is 0.423 e. The highest BCUT2D eigenvalue weighted by molar-refractivity contribution is 5.81. The van der Waals surface area contributed by atoms with E-state index in [9.17, 15) is 26.7 Å². The summed E-state index contributed by atoms with van der Waals surface area (Å²) in [4.78, 5) is 10.8. The van der Waals surface area contributed by atoms with Crippen LogP contribution in [0.5, 0.6) is 0 Å². The monoisotopic (exact) mass is 288 g/mol. The fourth-order valence-corrected chi connectivity index (χ4v) is 1.87. The normalized spacial score (nSPS) is 34.1. The summed E-state index contributed by atoms with van der Waals surface area (Å²) in [5, 5.41) is 0. The van der Waals surface area contributed by atoms with Gasteiger partial charge in [0.1, 0.15) is 12.2 Å². The summed E-state index contributed by atoms with van der Waals surface area (Å²) >= 11 is 0. The number of alkyl halides is 5. The van der Waals surface area contributed by atoms with E-state index in [0.717, 1.165) is 13.0 Å². The smallest absolute Gasteiger partial charge is 0.423 e. The van der Waals surface area contributed by atoms with Gasteiger partial charge >= 0.3 is 12.1 Å². The molecule has 1 aliphatic heterocycles. The van der Waals surface area contributed by atoms with E-state index in [0.29, 0.717) is 0 Å². The molecule has 1 fully saturated rings. The topological polar surface area (TPSA) is 35.5 Å². The average molecular weight is 288 g/mol. The molecule has 0 aromatic rings. The van der Waals surface area contributed by atoms with E-state index in [1.54, 1.807) is 0 Å². The Balaban J connectivity index is 2.94. The van der Waals surface area contributed by atoms with Gasteiger partial charge in [0.2, 0.25) is 5.60 Å². The fraction of sp³-hybridized carbons (Fsp3) is 0.727. The Morgan fingerprint density at radius 1 is 1.42 bits per heavy atom. The van der Waals surface area contributed by atoms with Crippen molar-refractivity contribution >= 4 is 5.97 Å². The van der Waals surface area contributed by atoms with Crippen LogP contribution >= 0.6 is 0 Å². The number of ether oxygens (including phenoxy) is 2. The van der Waals surface area contributed by atoms with E-state index < -0.39 is 42.3 Å². The second kappa shape index (κ2) is 4.43. The summed E-state index contributed by atoms with van der Waals surface area (Å²) in [6.45, 7) is 3.69. The van der Waals surface area contributed by atoms with Crippen LogP contribution in [0.25, 0.3) is 0 Å². The van der Waals surface area contributed by atoms with Gasteiger partial charge in [-0.1, -0.05) is 6.58 Å². The Kier molecular flexibility index (Phi) is 3.70. The molecule has 1 aliphatic rings. The molecule has 1 saturated heterocycles. The summed E-state index contributed by atoms with van der Waals surface area (Å²) in [5.41, 5.74) is -5.51. The minimum Gasteiger partial charge on any atom is -0.459 e. The quantitative estimate of drug-likeness (QED) is 0.455. The van der Waals surface area contributed by atoms with Gasteiger partial charge in [-0.25, -0.2) is 13.6 Å². The van der Waals surface area contributed by atoms with Crippen molar-refractivity contribution in [1.29, 1.82) is 0 Å². The lowest BCUT2D eigenvalue weighted by atomic mass is 9.93. The van der Waals surface area contributed by atoms with Gasteiger partial charge in [-0.3, -0.25) is 0 Å². The Hall–Kier alpha value is -1.18. The Morgan fingerprint density at radius 3 is 2.32 bits per heavy atom. The molecule has 110 valence electrons. The lowest BCUT2D eigenvalue weighted by Gasteiger charge is -2.33. The minimum atomic E-state index is -5.24. The van der Waals surface area contributed by atoms with Crippen LogP contribution in [0.1, 0.15) is 20.3 Å². The number of halogens is 5. The lowest BCUT2D eigenvalue weighted by molar-refractivity contribution is -0.321. The van der Waals surface area contributed by atoms with Crippen molar-refractivity contribution in [1.82, 2.24) is 0 Å². The molecular weight excluding hydrogens is 275 g/mol. The molecule has 0 aromatic carbocycles. The molecule has 2 atom stereocenters. The van der Waals surface area contributed by atoms with Crippen LogP contribution in [-0.4, -0.2) is 35.9 Å². The molecule has 0 spiro atoms. The van der Waals surface area contributed by atoms with Crippen molar-refractivity contribution in [3.63, 3.8) is 0 Å². The Labute approximate surface area is 106 Å². The molecule has 1 rings (SSSR count). The molecular formula is C11H13F5O3. The predicted octanol–water partition coefficient (Wildman–Crippen LogP) is 2.85. The number of carbonyl (C=O) groups is 1. The predicted molar refractivity (Wildman–Crippen MR) is 54.7 cm³/mol. The van der Waals surface area contributed by atoms with Crippen LogP contribution in [-0.2, 0) is 14.3 Å². The third-order valence-electron chi connectivity index (χ3n) is 2.97. The van der Waals surface area contributed by atoms with Crippen molar-refractivity contribution in [2.24, 2.45) is 0 Å². The number of carbonyl (C=O) groups excluding carboxylic acids is 1. The van der Waals surface area contributed by atoms with Crippen LogP contribution in [0.2, 0.25) is 0 Å². The second-order valence-electron chi connectivity index (χ2n) is 4.78. The molecule has 0 amide bonds. The van der Waals surface area contributed by atoms with Crippen LogP contribution in [0.3, 0.4) is 0 Å². The maximum absolute atomic E-state index is 13.6. The molecule has 0 saturated carbocycles. The highest BCUT2D eigenvalue weighted by atomic mass is 19.4. The van der Waals surface area contributed by atoms with E-state index in [-0.39, 0.29) is 6.92 Å². The molecule has 2 unspecified atom stereocenters. The van der Waals surface area contributed by atoms with Crippen LogP contribution in [0.15, 0.2) is 12.7 Å². The van der Waals surface area contributed by atoms with Crippen LogP contribution in [0, 0.1) is 0 Å². The zero-order valence-corrected chi connectivity index (χ0v) is 10.3. The highest BCUT2D eigenvalue weighted by Crippen LogP contribution is 2.55. The van der Waals surface area contributed by atoms with Gasteiger partial charge in [-0.05, 0) is 13.8 Å². The fourth-order valence-electron chi connectivity index (χ4n) is 1.87. The van der Waals surface area contributed by atoms with E-state index in [1.807, 2.05) is 0 Å². The number of hydrogen-bond acceptors (Lipinski definition) is 3. The third kappa shape index (κ3) is 2.72. The Bertz CT molecular complexity index is 392.